The summed E-state index contributed by atoms with van der Waals surface area (Å²) in [6, 6.07) is 11.7. The van der Waals surface area contributed by atoms with Crippen LogP contribution in [0.2, 0.25) is 0 Å². The van der Waals surface area contributed by atoms with Crippen LogP contribution < -0.4 is 10.6 Å². The predicted molar refractivity (Wildman–Crippen MR) is 99.5 cm³/mol. The maximum atomic E-state index is 12.4. The summed E-state index contributed by atoms with van der Waals surface area (Å²) < 4.78 is 6.98. The highest BCUT2D eigenvalue weighted by Crippen LogP contribution is 2.38. The monoisotopic (exact) mass is 402 g/mol. The lowest BCUT2D eigenvalue weighted by Gasteiger charge is -2.24. The van der Waals surface area contributed by atoms with Gasteiger partial charge in [-0.1, -0.05) is 28.1 Å². The van der Waals surface area contributed by atoms with Crippen LogP contribution in [0.25, 0.3) is 11.3 Å². The number of halogens is 1. The zero-order valence-corrected chi connectivity index (χ0v) is 15.5. The van der Waals surface area contributed by atoms with Crippen LogP contribution in [-0.4, -0.2) is 5.91 Å². The van der Waals surface area contributed by atoms with Crippen molar-refractivity contribution in [2.45, 2.75) is 20.0 Å². The first kappa shape index (κ1) is 15.5. The number of nitrogens with one attached hydrogen (secondary N) is 2. The molecule has 1 amide bonds. The number of amides is 1. The molecule has 6 heteroatoms. The number of benzene rings is 1. The molecule has 0 radical (unpaired) electrons. The standard InChI is InChI=1S/C18H15BrN2O2S/c1-9-10(2)24-18-15(9)17(22)20-16(21-18)14-8-7-13(23-14)11-3-5-12(19)6-4-11/h3-8,16,21H,1-2H3,(H,20,22). The molecule has 4 rings (SSSR count). The second-order valence-electron chi connectivity index (χ2n) is 5.75. The third kappa shape index (κ3) is 2.56. The van der Waals surface area contributed by atoms with Crippen molar-refractivity contribution in [2.24, 2.45) is 0 Å². The van der Waals surface area contributed by atoms with E-state index in [0.29, 0.717) is 5.76 Å². The molecule has 3 aromatic rings. The highest BCUT2D eigenvalue weighted by molar-refractivity contribution is 9.10. The lowest BCUT2D eigenvalue weighted by atomic mass is 10.1. The van der Waals surface area contributed by atoms with E-state index in [-0.39, 0.29) is 12.1 Å². The van der Waals surface area contributed by atoms with Crippen LogP contribution >= 0.6 is 27.3 Å². The number of thiophene rings is 1. The first-order valence-electron chi connectivity index (χ1n) is 7.56. The van der Waals surface area contributed by atoms with Crippen molar-refractivity contribution in [1.29, 1.82) is 0 Å². The molecule has 1 aliphatic heterocycles. The largest absolute Gasteiger partial charge is 0.457 e. The second kappa shape index (κ2) is 5.79. The molecule has 0 aliphatic carbocycles. The number of fused-ring (bicyclic) bond motifs is 1. The molecule has 3 heterocycles. The van der Waals surface area contributed by atoms with Gasteiger partial charge in [0.25, 0.3) is 5.91 Å². The Kier molecular flexibility index (Phi) is 3.73. The molecule has 4 nitrogen and oxygen atoms in total. The number of carbonyl (C=O) groups is 1. The van der Waals surface area contributed by atoms with E-state index in [2.05, 4.69) is 26.6 Å². The first-order valence-corrected chi connectivity index (χ1v) is 9.17. The van der Waals surface area contributed by atoms with Gasteiger partial charge in [0.05, 0.1) is 5.56 Å². The van der Waals surface area contributed by atoms with Crippen molar-refractivity contribution in [3.63, 3.8) is 0 Å². The fourth-order valence-corrected chi connectivity index (χ4v) is 4.14. The van der Waals surface area contributed by atoms with Gasteiger partial charge in [-0.3, -0.25) is 4.79 Å². The Labute approximate surface area is 152 Å². The average molecular weight is 403 g/mol. The third-order valence-electron chi connectivity index (χ3n) is 4.20. The fourth-order valence-electron chi connectivity index (χ4n) is 2.79. The Balaban J connectivity index is 1.64. The van der Waals surface area contributed by atoms with Crippen LogP contribution in [0.15, 0.2) is 45.3 Å². The smallest absolute Gasteiger partial charge is 0.256 e. The van der Waals surface area contributed by atoms with Crippen LogP contribution in [0.4, 0.5) is 5.00 Å². The van der Waals surface area contributed by atoms with Gasteiger partial charge >= 0.3 is 0 Å². The van der Waals surface area contributed by atoms with Gasteiger partial charge in [0.1, 0.15) is 16.5 Å². The van der Waals surface area contributed by atoms with Gasteiger partial charge in [-0.15, -0.1) is 11.3 Å². The van der Waals surface area contributed by atoms with E-state index >= 15 is 0 Å². The molecular formula is C18H15BrN2O2S. The number of hydrogen-bond donors (Lipinski definition) is 2. The Morgan fingerprint density at radius 3 is 2.58 bits per heavy atom. The Hall–Kier alpha value is -2.05. The molecule has 1 unspecified atom stereocenters. The quantitative estimate of drug-likeness (QED) is 0.615. The van der Waals surface area contributed by atoms with Crippen molar-refractivity contribution in [1.82, 2.24) is 5.32 Å². The topological polar surface area (TPSA) is 54.3 Å². The molecular weight excluding hydrogens is 388 g/mol. The molecule has 1 aromatic carbocycles. The SMILES string of the molecule is Cc1sc2c(c1C)C(=O)NC(c1ccc(-c3ccc(Br)cc3)o1)N2. The maximum Gasteiger partial charge on any atom is 0.256 e. The maximum absolute atomic E-state index is 12.4. The molecule has 0 saturated carbocycles. The second-order valence-corrected chi connectivity index (χ2v) is 7.89. The van der Waals surface area contributed by atoms with Crippen molar-refractivity contribution in [3.05, 3.63) is 62.6 Å². The van der Waals surface area contributed by atoms with E-state index in [1.807, 2.05) is 50.2 Å². The van der Waals surface area contributed by atoms with Crippen molar-refractivity contribution in [3.8, 4) is 11.3 Å². The number of carbonyl (C=O) groups excluding carboxylic acids is 1. The van der Waals surface area contributed by atoms with Crippen LogP contribution in [0.5, 0.6) is 0 Å². The Bertz CT molecular complexity index is 927. The van der Waals surface area contributed by atoms with E-state index in [1.165, 1.54) is 0 Å². The zero-order chi connectivity index (χ0) is 16.8. The number of aryl methyl sites for hydroxylation is 1. The van der Waals surface area contributed by atoms with Gasteiger partial charge in [-0.2, -0.15) is 0 Å². The summed E-state index contributed by atoms with van der Waals surface area (Å²) in [5.41, 5.74) is 2.77. The summed E-state index contributed by atoms with van der Waals surface area (Å²) in [6.07, 6.45) is -0.355. The summed E-state index contributed by atoms with van der Waals surface area (Å²) in [5, 5.41) is 7.24. The Morgan fingerprint density at radius 1 is 1.08 bits per heavy atom. The number of rotatable bonds is 2. The molecule has 0 fully saturated rings. The van der Waals surface area contributed by atoms with Crippen LogP contribution in [0, 0.1) is 13.8 Å². The lowest BCUT2D eigenvalue weighted by molar-refractivity contribution is 0.0931. The van der Waals surface area contributed by atoms with Crippen molar-refractivity contribution in [2.75, 3.05) is 5.32 Å². The van der Waals surface area contributed by atoms with Gasteiger partial charge in [-0.25, -0.2) is 0 Å². The molecule has 2 N–H and O–H groups in total. The zero-order valence-electron chi connectivity index (χ0n) is 13.1. The number of hydrogen-bond acceptors (Lipinski definition) is 4. The van der Waals surface area contributed by atoms with E-state index in [9.17, 15) is 4.79 Å². The molecule has 2 aromatic heterocycles. The van der Waals surface area contributed by atoms with Gasteiger partial charge in [0.15, 0.2) is 6.17 Å². The van der Waals surface area contributed by atoms with E-state index in [1.54, 1.807) is 11.3 Å². The summed E-state index contributed by atoms with van der Waals surface area (Å²) in [7, 11) is 0. The molecule has 0 saturated heterocycles. The molecule has 0 bridgehead atoms. The lowest BCUT2D eigenvalue weighted by Crippen LogP contribution is -2.37. The third-order valence-corrected chi connectivity index (χ3v) is 5.87. The molecule has 122 valence electrons. The molecule has 0 spiro atoms. The van der Waals surface area contributed by atoms with E-state index in [4.69, 9.17) is 4.42 Å². The summed E-state index contributed by atoms with van der Waals surface area (Å²) in [5.74, 6) is 1.41. The van der Waals surface area contributed by atoms with Gasteiger partial charge in [-0.05, 0) is 43.7 Å². The van der Waals surface area contributed by atoms with Crippen LogP contribution in [0.1, 0.15) is 32.7 Å². The minimum absolute atomic E-state index is 0.0582. The molecule has 24 heavy (non-hydrogen) atoms. The minimum atomic E-state index is -0.355. The summed E-state index contributed by atoms with van der Waals surface area (Å²) >= 11 is 5.03. The van der Waals surface area contributed by atoms with Crippen LogP contribution in [0.3, 0.4) is 0 Å². The van der Waals surface area contributed by atoms with Gasteiger partial charge in [0.2, 0.25) is 0 Å². The highest BCUT2D eigenvalue weighted by atomic mass is 79.9. The molecule has 1 aliphatic rings. The van der Waals surface area contributed by atoms with E-state index < -0.39 is 0 Å². The summed E-state index contributed by atoms with van der Waals surface area (Å²) in [4.78, 5) is 13.6. The molecule has 1 atom stereocenters. The van der Waals surface area contributed by atoms with Crippen molar-refractivity contribution >= 4 is 38.2 Å². The number of furan rings is 1. The van der Waals surface area contributed by atoms with E-state index in [0.717, 1.165) is 36.8 Å². The predicted octanol–water partition coefficient (Wildman–Crippen LogP) is 5.24. The minimum Gasteiger partial charge on any atom is -0.457 e. The number of anilines is 1. The Morgan fingerprint density at radius 2 is 1.83 bits per heavy atom. The first-order chi connectivity index (χ1) is 11.5. The van der Waals surface area contributed by atoms with Gasteiger partial charge in [0, 0.05) is 14.9 Å². The summed E-state index contributed by atoms with van der Waals surface area (Å²) in [6.45, 7) is 4.01. The normalized spacial score (nSPS) is 16.5. The highest BCUT2D eigenvalue weighted by Gasteiger charge is 2.30. The van der Waals surface area contributed by atoms with Crippen LogP contribution in [-0.2, 0) is 0 Å². The fraction of sp³-hybridized carbons (Fsp3) is 0.167. The van der Waals surface area contributed by atoms with Gasteiger partial charge < -0.3 is 15.1 Å². The van der Waals surface area contributed by atoms with Crippen molar-refractivity contribution < 1.29 is 9.21 Å². The average Bonchev–Trinajstić information content (AvgIpc) is 3.14.